The summed E-state index contributed by atoms with van der Waals surface area (Å²) in [7, 11) is 0. The molecule has 0 radical (unpaired) electrons. The zero-order valence-corrected chi connectivity index (χ0v) is 16.9. The summed E-state index contributed by atoms with van der Waals surface area (Å²) >= 11 is 0. The minimum atomic E-state index is -1.32. The van der Waals surface area contributed by atoms with E-state index in [2.05, 4.69) is 10.6 Å². The molecule has 1 aliphatic heterocycles. The largest absolute Gasteiger partial charge is 0.351 e. The van der Waals surface area contributed by atoms with E-state index in [9.17, 15) is 28.9 Å². The van der Waals surface area contributed by atoms with Crippen molar-refractivity contribution < 1.29 is 23.7 Å². The van der Waals surface area contributed by atoms with Crippen LogP contribution >= 0.6 is 0 Å². The molecular formula is C20H21FN6O5. The lowest BCUT2D eigenvalue weighted by molar-refractivity contribution is -0.384. The van der Waals surface area contributed by atoms with Crippen LogP contribution in [0.3, 0.4) is 0 Å². The van der Waals surface area contributed by atoms with Crippen LogP contribution in [0, 0.1) is 15.9 Å². The minimum absolute atomic E-state index is 0.00298. The zero-order valence-electron chi connectivity index (χ0n) is 16.9. The summed E-state index contributed by atoms with van der Waals surface area (Å²) in [5.41, 5.74) is 5.33. The Balaban J connectivity index is 1.86. The standard InChI is InChI=1S/C20H21FN6O5/c21-14-4-2-5-15(12-14)24-20(30)26-10-9-25(18(26)17(28)23-8-7-22)19(29)13-3-1-6-16(11-13)27(31)32/h1-6,11-12,18H,7-10,22H2,(H,23,28)(H,24,30). The fourth-order valence-electron chi connectivity index (χ4n) is 3.30. The summed E-state index contributed by atoms with van der Waals surface area (Å²) in [5.74, 6) is -1.84. The number of amides is 4. The van der Waals surface area contributed by atoms with Crippen LogP contribution in [-0.4, -0.2) is 64.9 Å². The average Bonchev–Trinajstić information content (AvgIpc) is 3.22. The second-order valence-electron chi connectivity index (χ2n) is 6.89. The minimum Gasteiger partial charge on any atom is -0.351 e. The van der Waals surface area contributed by atoms with Gasteiger partial charge in [-0.3, -0.25) is 24.6 Å². The number of urea groups is 1. The lowest BCUT2D eigenvalue weighted by atomic mass is 10.1. The average molecular weight is 444 g/mol. The molecule has 32 heavy (non-hydrogen) atoms. The first-order chi connectivity index (χ1) is 15.3. The first kappa shape index (κ1) is 22.6. The highest BCUT2D eigenvalue weighted by molar-refractivity contribution is 6.00. The van der Waals surface area contributed by atoms with Crippen LogP contribution in [0.25, 0.3) is 0 Å². The number of carbonyl (C=O) groups excluding carboxylic acids is 3. The third-order valence-electron chi connectivity index (χ3n) is 4.75. The summed E-state index contributed by atoms with van der Waals surface area (Å²) < 4.78 is 13.4. The Morgan fingerprint density at radius 2 is 1.84 bits per heavy atom. The molecule has 1 unspecified atom stereocenters. The smallest absolute Gasteiger partial charge is 0.323 e. The SMILES string of the molecule is NCCNC(=O)C1N(C(=O)Nc2cccc(F)c2)CCN1C(=O)c1cccc([N+](=O)[O-])c1. The fourth-order valence-corrected chi connectivity index (χ4v) is 3.30. The molecule has 12 heteroatoms. The Morgan fingerprint density at radius 3 is 2.53 bits per heavy atom. The molecule has 11 nitrogen and oxygen atoms in total. The number of carbonyl (C=O) groups is 3. The van der Waals surface area contributed by atoms with E-state index >= 15 is 0 Å². The Hall–Kier alpha value is -4.06. The van der Waals surface area contributed by atoms with Crippen molar-refractivity contribution in [3.63, 3.8) is 0 Å². The first-order valence-corrected chi connectivity index (χ1v) is 9.68. The number of benzene rings is 2. The number of hydrogen-bond donors (Lipinski definition) is 3. The number of non-ortho nitro benzene ring substituents is 1. The molecule has 0 saturated carbocycles. The Labute approximate surface area is 182 Å². The summed E-state index contributed by atoms with van der Waals surface area (Å²) in [6.45, 7) is 0.293. The van der Waals surface area contributed by atoms with Crippen molar-refractivity contribution in [2.24, 2.45) is 5.73 Å². The zero-order chi connectivity index (χ0) is 23.3. The van der Waals surface area contributed by atoms with E-state index in [4.69, 9.17) is 5.73 Å². The van der Waals surface area contributed by atoms with Crippen LogP contribution in [-0.2, 0) is 4.79 Å². The van der Waals surface area contributed by atoms with Crippen LogP contribution in [0.5, 0.6) is 0 Å². The second-order valence-corrected chi connectivity index (χ2v) is 6.89. The molecule has 2 aromatic rings. The van der Waals surface area contributed by atoms with Gasteiger partial charge < -0.3 is 21.3 Å². The quantitative estimate of drug-likeness (QED) is 0.449. The van der Waals surface area contributed by atoms with E-state index in [1.165, 1.54) is 36.4 Å². The molecule has 1 atom stereocenters. The number of halogens is 1. The van der Waals surface area contributed by atoms with Gasteiger partial charge >= 0.3 is 6.03 Å². The molecular weight excluding hydrogens is 423 g/mol. The Bertz CT molecular complexity index is 1050. The van der Waals surface area contributed by atoms with Gasteiger partial charge in [0, 0.05) is 49.6 Å². The topological polar surface area (TPSA) is 151 Å². The molecule has 0 spiro atoms. The van der Waals surface area contributed by atoms with Gasteiger partial charge in [0.1, 0.15) is 5.82 Å². The van der Waals surface area contributed by atoms with E-state index in [1.54, 1.807) is 0 Å². The van der Waals surface area contributed by atoms with Gasteiger partial charge in [-0.05, 0) is 24.3 Å². The molecule has 1 aliphatic rings. The van der Waals surface area contributed by atoms with Crippen molar-refractivity contribution in [3.05, 3.63) is 70.0 Å². The van der Waals surface area contributed by atoms with Crippen LogP contribution in [0.1, 0.15) is 10.4 Å². The molecule has 0 aromatic heterocycles. The van der Waals surface area contributed by atoms with Gasteiger partial charge in [-0.15, -0.1) is 0 Å². The Kier molecular flexibility index (Phi) is 6.95. The maximum absolute atomic E-state index is 13.4. The maximum Gasteiger partial charge on any atom is 0.323 e. The predicted octanol–water partition coefficient (Wildman–Crippen LogP) is 1.12. The normalized spacial score (nSPS) is 15.4. The van der Waals surface area contributed by atoms with Crippen LogP contribution in [0.4, 0.5) is 20.6 Å². The number of hydrogen-bond acceptors (Lipinski definition) is 6. The van der Waals surface area contributed by atoms with Gasteiger partial charge in [0.15, 0.2) is 6.17 Å². The van der Waals surface area contributed by atoms with Crippen molar-refractivity contribution in [1.29, 1.82) is 0 Å². The van der Waals surface area contributed by atoms with Crippen molar-refractivity contribution in [2.75, 3.05) is 31.5 Å². The van der Waals surface area contributed by atoms with Gasteiger partial charge in [-0.1, -0.05) is 12.1 Å². The summed E-state index contributed by atoms with van der Waals surface area (Å²) in [6.07, 6.45) is -1.32. The van der Waals surface area contributed by atoms with Crippen molar-refractivity contribution in [1.82, 2.24) is 15.1 Å². The predicted molar refractivity (Wildman–Crippen MR) is 112 cm³/mol. The van der Waals surface area contributed by atoms with Crippen LogP contribution in [0.15, 0.2) is 48.5 Å². The van der Waals surface area contributed by atoms with Gasteiger partial charge in [0.25, 0.3) is 17.5 Å². The molecule has 1 fully saturated rings. The van der Waals surface area contributed by atoms with E-state index < -0.39 is 34.8 Å². The van der Waals surface area contributed by atoms with Crippen LogP contribution in [0.2, 0.25) is 0 Å². The molecule has 1 saturated heterocycles. The molecule has 4 N–H and O–H groups in total. The highest BCUT2D eigenvalue weighted by Gasteiger charge is 2.43. The van der Waals surface area contributed by atoms with Gasteiger partial charge in [-0.2, -0.15) is 0 Å². The second kappa shape index (κ2) is 9.83. The molecule has 2 aromatic carbocycles. The van der Waals surface area contributed by atoms with Gasteiger partial charge in [-0.25, -0.2) is 9.18 Å². The lowest BCUT2D eigenvalue weighted by Crippen LogP contribution is -2.55. The molecule has 3 rings (SSSR count). The van der Waals surface area contributed by atoms with Gasteiger partial charge in [0.2, 0.25) is 0 Å². The summed E-state index contributed by atoms with van der Waals surface area (Å²) in [5, 5.41) is 16.1. The number of nitrogens with zero attached hydrogens (tertiary/aromatic N) is 3. The van der Waals surface area contributed by atoms with E-state index in [0.717, 1.165) is 21.9 Å². The van der Waals surface area contributed by atoms with Crippen molar-refractivity contribution in [2.45, 2.75) is 6.17 Å². The number of nitro benzene ring substituents is 1. The molecule has 4 amide bonds. The van der Waals surface area contributed by atoms with Crippen LogP contribution < -0.4 is 16.4 Å². The third-order valence-corrected chi connectivity index (χ3v) is 4.75. The Morgan fingerprint density at radius 1 is 1.12 bits per heavy atom. The monoisotopic (exact) mass is 444 g/mol. The number of nitro groups is 1. The number of nitrogens with one attached hydrogen (secondary N) is 2. The van der Waals surface area contributed by atoms with E-state index in [1.807, 2.05) is 0 Å². The van der Waals surface area contributed by atoms with Crippen molar-refractivity contribution >= 4 is 29.2 Å². The first-order valence-electron chi connectivity index (χ1n) is 9.68. The van der Waals surface area contributed by atoms with E-state index in [-0.39, 0.29) is 43.1 Å². The maximum atomic E-state index is 13.4. The molecule has 0 aliphatic carbocycles. The highest BCUT2D eigenvalue weighted by Crippen LogP contribution is 2.22. The summed E-state index contributed by atoms with van der Waals surface area (Å²) in [6, 6.07) is 9.61. The number of nitrogens with two attached hydrogens (primary N) is 1. The molecule has 0 bridgehead atoms. The third kappa shape index (κ3) is 4.98. The fraction of sp³-hybridized carbons (Fsp3) is 0.250. The number of anilines is 1. The summed E-state index contributed by atoms with van der Waals surface area (Å²) in [4.78, 5) is 51.4. The van der Waals surface area contributed by atoms with E-state index in [0.29, 0.717) is 0 Å². The lowest BCUT2D eigenvalue weighted by Gasteiger charge is -2.29. The number of rotatable bonds is 6. The highest BCUT2D eigenvalue weighted by atomic mass is 19.1. The van der Waals surface area contributed by atoms with Gasteiger partial charge in [0.05, 0.1) is 4.92 Å². The van der Waals surface area contributed by atoms with Crippen molar-refractivity contribution in [3.8, 4) is 0 Å². The molecule has 1 heterocycles. The molecule has 168 valence electrons.